The number of unbranched alkanes of at least 4 members (excludes halogenated alkanes) is 2. The van der Waals surface area contributed by atoms with Crippen molar-refractivity contribution < 1.29 is 28.9 Å². The highest BCUT2D eigenvalue weighted by atomic mass is 16.5. The number of nitrogens with zero attached hydrogens (tertiary/aromatic N) is 2. The van der Waals surface area contributed by atoms with Crippen molar-refractivity contribution in [3.8, 4) is 22.9 Å². The van der Waals surface area contributed by atoms with E-state index in [1.54, 1.807) is 38.5 Å². The third-order valence-corrected chi connectivity index (χ3v) is 8.53. The first-order valence-corrected chi connectivity index (χ1v) is 17.1. The Labute approximate surface area is 298 Å². The van der Waals surface area contributed by atoms with Gasteiger partial charge in [-0.15, -0.1) is 0 Å². The topological polar surface area (TPSA) is 132 Å². The summed E-state index contributed by atoms with van der Waals surface area (Å²) < 4.78 is 17.8. The standard InChI is InChI=1S/C41H44N4O6/c1-49-35-18-14-33(15-19-35)41(32-10-4-3-5-11-32,34-16-20-36(50-2)21-17-34)51-27-9-7-25-43-40(48)31-13-23-38(45-29-31)37-22-12-30(28-44-37)39(47)42-24-6-8-26-46/h3-5,10-23,28-29,46H,6-9,24-27H2,1-2H3,(H,42,47)(H,43,48). The molecule has 5 rings (SSSR count). The van der Waals surface area contributed by atoms with Crippen molar-refractivity contribution in [2.24, 2.45) is 0 Å². The second-order valence-corrected chi connectivity index (χ2v) is 11.9. The lowest BCUT2D eigenvalue weighted by molar-refractivity contribution is 0.0108. The molecule has 5 aromatic rings. The third kappa shape index (κ3) is 9.36. The highest BCUT2D eigenvalue weighted by Gasteiger charge is 2.37. The molecule has 10 heteroatoms. The summed E-state index contributed by atoms with van der Waals surface area (Å²) in [6.07, 6.45) is 5.78. The van der Waals surface area contributed by atoms with Crippen LogP contribution in [0.2, 0.25) is 0 Å². The number of ether oxygens (including phenoxy) is 3. The molecule has 2 aromatic heterocycles. The van der Waals surface area contributed by atoms with Gasteiger partial charge < -0.3 is 30.0 Å². The van der Waals surface area contributed by atoms with Gasteiger partial charge in [0.25, 0.3) is 11.8 Å². The molecule has 2 amide bonds. The minimum absolute atomic E-state index is 0.102. The van der Waals surface area contributed by atoms with Crippen molar-refractivity contribution in [2.45, 2.75) is 31.3 Å². The zero-order valence-electron chi connectivity index (χ0n) is 29.0. The first-order valence-electron chi connectivity index (χ1n) is 17.1. The van der Waals surface area contributed by atoms with Crippen LogP contribution in [0.5, 0.6) is 11.5 Å². The van der Waals surface area contributed by atoms with E-state index >= 15 is 0 Å². The zero-order valence-corrected chi connectivity index (χ0v) is 29.0. The lowest BCUT2D eigenvalue weighted by Gasteiger charge is -2.36. The smallest absolute Gasteiger partial charge is 0.252 e. The van der Waals surface area contributed by atoms with E-state index in [2.05, 4.69) is 32.7 Å². The van der Waals surface area contributed by atoms with E-state index < -0.39 is 5.60 Å². The Morgan fingerprint density at radius 2 is 1.08 bits per heavy atom. The first-order chi connectivity index (χ1) is 25.0. The van der Waals surface area contributed by atoms with Crippen molar-refractivity contribution in [1.29, 1.82) is 0 Å². The number of hydrogen-bond donors (Lipinski definition) is 3. The predicted molar refractivity (Wildman–Crippen MR) is 196 cm³/mol. The van der Waals surface area contributed by atoms with E-state index in [-0.39, 0.29) is 18.4 Å². The van der Waals surface area contributed by atoms with Gasteiger partial charge in [-0.05, 0) is 90.9 Å². The highest BCUT2D eigenvalue weighted by Crippen LogP contribution is 2.41. The normalized spacial score (nSPS) is 11.1. The van der Waals surface area contributed by atoms with E-state index in [1.165, 1.54) is 12.4 Å². The second kappa shape index (κ2) is 18.4. The second-order valence-electron chi connectivity index (χ2n) is 11.9. The van der Waals surface area contributed by atoms with Crippen molar-refractivity contribution in [3.05, 3.63) is 143 Å². The van der Waals surface area contributed by atoms with Crippen LogP contribution in [0.25, 0.3) is 11.4 Å². The molecule has 0 saturated carbocycles. The Morgan fingerprint density at radius 1 is 0.608 bits per heavy atom. The molecule has 0 fully saturated rings. The molecule has 0 aliphatic heterocycles. The molecule has 10 nitrogen and oxygen atoms in total. The summed E-state index contributed by atoms with van der Waals surface area (Å²) in [4.78, 5) is 34.0. The maximum Gasteiger partial charge on any atom is 0.252 e. The van der Waals surface area contributed by atoms with Gasteiger partial charge in [0.2, 0.25) is 0 Å². The molecular formula is C41H44N4O6. The van der Waals surface area contributed by atoms with E-state index in [1.807, 2.05) is 66.7 Å². The largest absolute Gasteiger partial charge is 0.497 e. The van der Waals surface area contributed by atoms with Crippen molar-refractivity contribution >= 4 is 11.8 Å². The van der Waals surface area contributed by atoms with Crippen LogP contribution in [-0.2, 0) is 10.3 Å². The number of rotatable bonds is 18. The summed E-state index contributed by atoms with van der Waals surface area (Å²) in [6, 6.07) is 32.9. The molecule has 0 unspecified atom stereocenters. The van der Waals surface area contributed by atoms with Gasteiger partial charge in [-0.25, -0.2) is 0 Å². The molecule has 3 aromatic carbocycles. The molecule has 3 N–H and O–H groups in total. The number of aromatic nitrogens is 2. The first kappa shape index (κ1) is 36.7. The molecule has 0 bridgehead atoms. The van der Waals surface area contributed by atoms with Crippen LogP contribution >= 0.6 is 0 Å². The average molecular weight is 689 g/mol. The fraction of sp³-hybridized carbons (Fsp3) is 0.268. The summed E-state index contributed by atoms with van der Waals surface area (Å²) in [5, 5.41) is 14.7. The van der Waals surface area contributed by atoms with E-state index in [0.29, 0.717) is 67.9 Å². The van der Waals surface area contributed by atoms with Crippen molar-refractivity contribution in [3.63, 3.8) is 0 Å². The van der Waals surface area contributed by atoms with Crippen LogP contribution in [-0.4, -0.2) is 67.4 Å². The van der Waals surface area contributed by atoms with Crippen LogP contribution in [0.3, 0.4) is 0 Å². The number of aliphatic hydroxyl groups excluding tert-OH is 1. The molecule has 0 spiro atoms. The Hall–Kier alpha value is -5.58. The Kier molecular flexibility index (Phi) is 13.3. The Bertz CT molecular complexity index is 1770. The summed E-state index contributed by atoms with van der Waals surface area (Å²) >= 11 is 0. The molecule has 2 heterocycles. The van der Waals surface area contributed by atoms with Crippen molar-refractivity contribution in [1.82, 2.24) is 20.6 Å². The summed E-state index contributed by atoms with van der Waals surface area (Å²) in [7, 11) is 3.30. The van der Waals surface area contributed by atoms with E-state index in [9.17, 15) is 9.59 Å². The van der Waals surface area contributed by atoms with E-state index in [0.717, 1.165) is 28.2 Å². The molecule has 0 radical (unpaired) electrons. The van der Waals surface area contributed by atoms with Gasteiger partial charge in [0.1, 0.15) is 17.1 Å². The van der Waals surface area contributed by atoms with Gasteiger partial charge >= 0.3 is 0 Å². The van der Waals surface area contributed by atoms with Crippen LogP contribution in [0.1, 0.15) is 63.1 Å². The third-order valence-electron chi connectivity index (χ3n) is 8.53. The fourth-order valence-corrected chi connectivity index (χ4v) is 5.73. The molecular weight excluding hydrogens is 644 g/mol. The Morgan fingerprint density at radius 3 is 1.51 bits per heavy atom. The Balaban J connectivity index is 1.18. The number of hydrogen-bond acceptors (Lipinski definition) is 8. The quantitative estimate of drug-likeness (QED) is 0.0735. The molecule has 0 aliphatic carbocycles. The minimum atomic E-state index is -0.890. The number of nitrogens with one attached hydrogen (secondary N) is 2. The monoisotopic (exact) mass is 688 g/mol. The number of carbonyl (C=O) groups excluding carboxylic acids is 2. The minimum Gasteiger partial charge on any atom is -0.497 e. The van der Waals surface area contributed by atoms with Gasteiger partial charge in [-0.3, -0.25) is 19.6 Å². The van der Waals surface area contributed by atoms with Crippen molar-refractivity contribution in [2.75, 3.05) is 40.5 Å². The van der Waals surface area contributed by atoms with Gasteiger partial charge in [0.05, 0.1) is 36.7 Å². The average Bonchev–Trinajstić information content (AvgIpc) is 3.20. The summed E-state index contributed by atoms with van der Waals surface area (Å²) in [5.74, 6) is 1.08. The molecule has 51 heavy (non-hydrogen) atoms. The number of methoxy groups -OCH3 is 2. The zero-order chi connectivity index (χ0) is 35.9. The van der Waals surface area contributed by atoms with Gasteiger partial charge in [-0.2, -0.15) is 0 Å². The number of aliphatic hydroxyl groups is 1. The van der Waals surface area contributed by atoms with E-state index in [4.69, 9.17) is 19.3 Å². The van der Waals surface area contributed by atoms with Crippen LogP contribution < -0.4 is 20.1 Å². The molecule has 0 aliphatic rings. The maximum absolute atomic E-state index is 12.9. The lowest BCUT2D eigenvalue weighted by Crippen LogP contribution is -2.33. The molecule has 0 saturated heterocycles. The number of pyridine rings is 2. The van der Waals surface area contributed by atoms with Gasteiger partial charge in [0, 0.05) is 38.7 Å². The number of amides is 2. The maximum atomic E-state index is 12.9. The van der Waals surface area contributed by atoms with Crippen LogP contribution in [0.4, 0.5) is 0 Å². The lowest BCUT2D eigenvalue weighted by atomic mass is 9.80. The molecule has 264 valence electrons. The SMILES string of the molecule is COc1ccc(C(OCCCCNC(=O)c2ccc(-c3ccc(C(=O)NCCCCO)cn3)nc2)(c2ccccc2)c2ccc(OC)cc2)cc1. The van der Waals surface area contributed by atoms with Crippen LogP contribution in [0.15, 0.2) is 116 Å². The summed E-state index contributed by atoms with van der Waals surface area (Å²) in [6.45, 7) is 1.50. The number of benzene rings is 3. The van der Waals surface area contributed by atoms with Gasteiger partial charge in [0.15, 0.2) is 0 Å². The summed E-state index contributed by atoms with van der Waals surface area (Å²) in [5.41, 5.74) is 4.10. The highest BCUT2D eigenvalue weighted by molar-refractivity contribution is 5.94. The fourth-order valence-electron chi connectivity index (χ4n) is 5.73. The van der Waals surface area contributed by atoms with Gasteiger partial charge in [-0.1, -0.05) is 54.6 Å². The van der Waals surface area contributed by atoms with Crippen LogP contribution in [0, 0.1) is 0 Å². The predicted octanol–water partition coefficient (Wildman–Crippen LogP) is 6.18. The number of carbonyl (C=O) groups is 2. The molecule has 0 atom stereocenters.